The van der Waals surface area contributed by atoms with Crippen LogP contribution in [-0.2, 0) is 47.0 Å². The van der Waals surface area contributed by atoms with Crippen LogP contribution >= 0.6 is 0 Å². The van der Waals surface area contributed by atoms with Gasteiger partial charge in [-0.25, -0.2) is 14.3 Å². The average Bonchev–Trinajstić information content (AvgIpc) is 1.77. The van der Waals surface area contributed by atoms with Gasteiger partial charge in [0.1, 0.15) is 55.6 Å². The normalized spacial score (nSPS) is 15.7. The van der Waals surface area contributed by atoms with Crippen LogP contribution in [0.2, 0.25) is 0 Å². The zero-order valence-corrected chi connectivity index (χ0v) is 60.7. The molecule has 4 aliphatic rings. The standard InChI is InChI=1S/C37H42N6O5.C32H41N3O5.C12H11NO2/c1-25-9-11-27-12-14-35(44)42(31(27)21-25)24-34(43-30-8-6-5-7-29(30)38-39-43)40-17-15-28(16-18-40)41(36(45)48-37(2,3)4)23-26-10-13-32-33(22-26)47-20-19-46-32;1-22-6-8-25-9-11-30(36)35(27(25)18-22)20-23(2)33-14-12-26(13-15-33)34(31(37)40-32(3,4)5)21-24-7-10-28-29(19-24)39-17-16-38-28;1-9-2-3-10-4-5-12(15)13(6-7-14)11(10)8-9/h5-14,21-22,28,34H,15-20,23-24H2,1-4H3;6-11,18-19,23,26H,12-17,20-21H2,1-5H3;2-5,7-8H,6H2,1H3. The van der Waals surface area contributed by atoms with E-state index in [1.54, 1.807) is 18.2 Å². The number of rotatable bonds is 15. The minimum absolute atomic E-state index is 0.0235. The maximum atomic E-state index is 13.7. The van der Waals surface area contributed by atoms with E-state index in [0.29, 0.717) is 77.2 Å². The van der Waals surface area contributed by atoms with Crippen molar-refractivity contribution in [1.29, 1.82) is 0 Å². The lowest BCUT2D eigenvalue weighted by Crippen LogP contribution is -2.51. The van der Waals surface area contributed by atoms with Crippen molar-refractivity contribution in [1.82, 2.24) is 48.3 Å². The number of aldehydes is 1. The molecule has 22 heteroatoms. The molecular formula is C81H94N10O12. The molecule has 0 bridgehead atoms. The molecule has 0 aliphatic carbocycles. The largest absolute Gasteiger partial charge is 0.486 e. The molecule has 2 saturated heterocycles. The van der Waals surface area contributed by atoms with Gasteiger partial charge in [0, 0.05) is 82.1 Å². The Morgan fingerprint density at radius 1 is 0.505 bits per heavy atom. The summed E-state index contributed by atoms with van der Waals surface area (Å²) in [6.07, 6.45) is 2.92. The van der Waals surface area contributed by atoms with Crippen molar-refractivity contribution >= 4 is 62.2 Å². The molecule has 2 fully saturated rings. The van der Waals surface area contributed by atoms with Crippen LogP contribution in [0.4, 0.5) is 9.59 Å². The van der Waals surface area contributed by atoms with Crippen molar-refractivity contribution in [3.05, 3.63) is 211 Å². The summed E-state index contributed by atoms with van der Waals surface area (Å²) in [7, 11) is 0. The Bertz CT molecular complexity index is 4900. The zero-order chi connectivity index (χ0) is 72.7. The monoisotopic (exact) mass is 1400 g/mol. The molecule has 14 rings (SSSR count). The van der Waals surface area contributed by atoms with Gasteiger partial charge in [-0.15, -0.1) is 5.10 Å². The first-order chi connectivity index (χ1) is 49.4. The summed E-state index contributed by atoms with van der Waals surface area (Å²) < 4.78 is 41.9. The summed E-state index contributed by atoms with van der Waals surface area (Å²) in [5.74, 6) is 2.87. The van der Waals surface area contributed by atoms with Crippen LogP contribution < -0.4 is 35.6 Å². The van der Waals surface area contributed by atoms with Crippen LogP contribution in [0, 0.1) is 20.8 Å². The van der Waals surface area contributed by atoms with Crippen LogP contribution in [0.25, 0.3) is 43.7 Å². The first-order valence-electron chi connectivity index (χ1n) is 35.7. The number of benzene rings is 6. The molecule has 0 radical (unpaired) electrons. The van der Waals surface area contributed by atoms with Crippen LogP contribution in [0.5, 0.6) is 23.0 Å². The lowest BCUT2D eigenvalue weighted by Gasteiger charge is -2.41. The average molecular weight is 1400 g/mol. The van der Waals surface area contributed by atoms with E-state index in [1.807, 2.05) is 170 Å². The van der Waals surface area contributed by atoms with Crippen molar-refractivity contribution in [2.24, 2.45) is 0 Å². The molecule has 2 unspecified atom stereocenters. The topological polar surface area (TPSA) is 216 Å². The fraction of sp³-hybridized carbons (Fsp3) is 0.407. The molecule has 2 atom stereocenters. The third-order valence-corrected chi connectivity index (χ3v) is 19.3. The van der Waals surface area contributed by atoms with Gasteiger partial charge in [-0.05, 0) is 212 Å². The predicted octanol–water partition coefficient (Wildman–Crippen LogP) is 12.8. The van der Waals surface area contributed by atoms with Gasteiger partial charge >= 0.3 is 12.2 Å². The predicted molar refractivity (Wildman–Crippen MR) is 399 cm³/mol. The van der Waals surface area contributed by atoms with Gasteiger partial charge in [0.15, 0.2) is 23.0 Å². The van der Waals surface area contributed by atoms with Crippen LogP contribution in [0.3, 0.4) is 0 Å². The Labute approximate surface area is 599 Å². The lowest BCUT2D eigenvalue weighted by atomic mass is 10.0. The fourth-order valence-corrected chi connectivity index (χ4v) is 14.1. The Balaban J connectivity index is 0.000000163. The number of aromatic nitrogens is 6. The third kappa shape index (κ3) is 17.6. The SMILES string of the molecule is Cc1ccc2ccc(=O)n(CC(C)N3CCC(N(Cc4ccc5c(c4)OCCO5)C(=O)OC(C)(C)C)CC3)c2c1.Cc1ccc2ccc(=O)n(CC(N3CCC(N(Cc4ccc5c(c4)OCCO5)C(=O)OC(C)(C)C)CC3)n3nnc4ccccc43)c2c1.Cc1ccc2ccc(=O)n(CC=O)c2c1. The van der Waals surface area contributed by atoms with Gasteiger partial charge < -0.3 is 56.7 Å². The Hall–Kier alpha value is -10.3. The summed E-state index contributed by atoms with van der Waals surface area (Å²) in [5, 5.41) is 12.1. The van der Waals surface area contributed by atoms with E-state index in [2.05, 4.69) is 70.4 Å². The van der Waals surface area contributed by atoms with E-state index in [9.17, 15) is 28.8 Å². The van der Waals surface area contributed by atoms with Gasteiger partial charge in [-0.1, -0.05) is 65.9 Å². The Morgan fingerprint density at radius 3 is 1.37 bits per heavy atom. The molecule has 8 heterocycles. The van der Waals surface area contributed by atoms with Crippen LogP contribution in [0.15, 0.2) is 166 Å². The van der Waals surface area contributed by atoms with E-state index >= 15 is 0 Å². The van der Waals surface area contributed by atoms with Crippen molar-refractivity contribution in [2.75, 3.05) is 52.6 Å². The summed E-state index contributed by atoms with van der Waals surface area (Å²) >= 11 is 0. The quantitative estimate of drug-likeness (QED) is 0.0872. The number of piperidine rings is 2. The highest BCUT2D eigenvalue weighted by molar-refractivity contribution is 5.82. The summed E-state index contributed by atoms with van der Waals surface area (Å²) in [5.41, 5.74) is 8.23. The number of nitrogens with zero attached hydrogens (tertiary/aromatic N) is 10. The number of pyridine rings is 3. The third-order valence-electron chi connectivity index (χ3n) is 19.3. The molecule has 540 valence electrons. The molecule has 4 aromatic heterocycles. The summed E-state index contributed by atoms with van der Waals surface area (Å²) in [6, 6.07) is 48.4. The van der Waals surface area contributed by atoms with Crippen LogP contribution in [-0.4, -0.2) is 149 Å². The minimum Gasteiger partial charge on any atom is -0.486 e. The molecule has 10 aromatic rings. The lowest BCUT2D eigenvalue weighted by molar-refractivity contribution is -0.108. The molecule has 0 N–H and O–H groups in total. The van der Waals surface area contributed by atoms with E-state index in [-0.39, 0.29) is 59.7 Å². The molecule has 6 aromatic carbocycles. The first kappa shape index (κ1) is 72.5. The van der Waals surface area contributed by atoms with Crippen molar-refractivity contribution in [3.8, 4) is 23.0 Å². The van der Waals surface area contributed by atoms with Crippen molar-refractivity contribution in [3.63, 3.8) is 0 Å². The number of carbonyl (C=O) groups excluding carboxylic acids is 3. The van der Waals surface area contributed by atoms with Crippen LogP contribution in [0.1, 0.15) is 108 Å². The zero-order valence-electron chi connectivity index (χ0n) is 60.7. The fourth-order valence-electron chi connectivity index (χ4n) is 14.1. The number of para-hydroxylation sites is 1. The summed E-state index contributed by atoms with van der Waals surface area (Å²) in [6.45, 7) is 26.7. The molecule has 2 amide bonds. The molecule has 4 aliphatic heterocycles. The molecule has 22 nitrogen and oxygen atoms in total. The number of hydrogen-bond acceptors (Lipinski definition) is 16. The van der Waals surface area contributed by atoms with Gasteiger partial charge in [0.05, 0.1) is 35.2 Å². The molecular weight excluding hydrogens is 1300 g/mol. The Kier molecular flexibility index (Phi) is 22.2. The number of likely N-dealkylation sites (tertiary alicyclic amines) is 2. The number of fused-ring (bicyclic) bond motifs is 6. The van der Waals surface area contributed by atoms with Gasteiger partial charge in [-0.3, -0.25) is 24.2 Å². The molecule has 0 spiro atoms. The van der Waals surface area contributed by atoms with E-state index in [4.69, 9.17) is 28.4 Å². The smallest absolute Gasteiger partial charge is 0.410 e. The van der Waals surface area contributed by atoms with E-state index < -0.39 is 11.2 Å². The highest BCUT2D eigenvalue weighted by Crippen LogP contribution is 2.36. The van der Waals surface area contributed by atoms with Crippen molar-refractivity contribution < 1.29 is 42.8 Å². The second kappa shape index (κ2) is 31.5. The maximum Gasteiger partial charge on any atom is 0.410 e. The maximum absolute atomic E-state index is 13.7. The second-order valence-electron chi connectivity index (χ2n) is 29.3. The van der Waals surface area contributed by atoms with Gasteiger partial charge in [-0.2, -0.15) is 0 Å². The first-order valence-corrected chi connectivity index (χ1v) is 35.7. The highest BCUT2D eigenvalue weighted by atomic mass is 16.6. The van der Waals surface area contributed by atoms with E-state index in [0.717, 1.165) is 128 Å². The second-order valence-corrected chi connectivity index (χ2v) is 29.3. The van der Waals surface area contributed by atoms with Gasteiger partial charge in [0.2, 0.25) is 0 Å². The van der Waals surface area contributed by atoms with Gasteiger partial charge in [0.25, 0.3) is 16.7 Å². The number of carbonyl (C=O) groups is 3. The number of hydrogen-bond donors (Lipinski definition) is 0. The summed E-state index contributed by atoms with van der Waals surface area (Å²) in [4.78, 5) is 83.9. The van der Waals surface area contributed by atoms with Crippen molar-refractivity contribution in [2.45, 2.75) is 163 Å². The van der Waals surface area contributed by atoms with E-state index in [1.165, 1.54) is 10.6 Å². The Morgan fingerprint density at radius 2 is 0.913 bits per heavy atom. The number of amides is 2. The number of ether oxygens (including phenoxy) is 6. The molecule has 0 saturated carbocycles. The molecule has 103 heavy (non-hydrogen) atoms. The highest BCUT2D eigenvalue weighted by Gasteiger charge is 2.37. The number of aryl methyl sites for hydroxylation is 3. The minimum atomic E-state index is -0.633.